The van der Waals surface area contributed by atoms with Crippen molar-refractivity contribution in [1.29, 1.82) is 0 Å². The van der Waals surface area contributed by atoms with E-state index in [1.165, 1.54) is 6.07 Å². The van der Waals surface area contributed by atoms with E-state index in [0.717, 1.165) is 19.6 Å². The van der Waals surface area contributed by atoms with Crippen LogP contribution in [0.1, 0.15) is 24.1 Å². The van der Waals surface area contributed by atoms with Crippen molar-refractivity contribution >= 4 is 29.2 Å². The highest BCUT2D eigenvalue weighted by atomic mass is 35.5. The van der Waals surface area contributed by atoms with E-state index in [-0.39, 0.29) is 11.8 Å². The summed E-state index contributed by atoms with van der Waals surface area (Å²) >= 11 is 12.0. The van der Waals surface area contributed by atoms with Gasteiger partial charge in [0, 0.05) is 26.2 Å². The van der Waals surface area contributed by atoms with Gasteiger partial charge in [-0.15, -0.1) is 23.2 Å². The number of benzene rings is 1. The van der Waals surface area contributed by atoms with Gasteiger partial charge >= 0.3 is 6.03 Å². The molecule has 1 aliphatic heterocycles. The summed E-state index contributed by atoms with van der Waals surface area (Å²) < 4.78 is 13.8. The zero-order valence-corrected chi connectivity index (χ0v) is 14.9. The van der Waals surface area contributed by atoms with Gasteiger partial charge in [-0.05, 0) is 30.7 Å². The maximum atomic E-state index is 13.8. The molecule has 0 aromatic heterocycles. The van der Waals surface area contributed by atoms with Gasteiger partial charge in [0.15, 0.2) is 0 Å². The number of alkyl halides is 2. The van der Waals surface area contributed by atoms with Crippen molar-refractivity contribution in [2.75, 3.05) is 32.7 Å². The molecule has 1 aromatic carbocycles. The van der Waals surface area contributed by atoms with Crippen molar-refractivity contribution in [2.24, 2.45) is 0 Å². The van der Waals surface area contributed by atoms with Gasteiger partial charge < -0.3 is 15.1 Å². The van der Waals surface area contributed by atoms with Crippen LogP contribution in [0.15, 0.2) is 18.2 Å². The highest BCUT2D eigenvalue weighted by molar-refractivity contribution is 6.44. The Morgan fingerprint density at radius 1 is 1.30 bits per heavy atom. The lowest BCUT2D eigenvalue weighted by molar-refractivity contribution is 0.141. The molecule has 1 aromatic rings. The van der Waals surface area contributed by atoms with Crippen LogP contribution in [0.25, 0.3) is 0 Å². The summed E-state index contributed by atoms with van der Waals surface area (Å²) in [7, 11) is 0. The van der Waals surface area contributed by atoms with Crippen LogP contribution in [0.5, 0.6) is 0 Å². The molecular formula is C16H22Cl2FN3O. The fourth-order valence-electron chi connectivity index (χ4n) is 2.59. The number of nitrogens with zero attached hydrogens (tertiary/aromatic N) is 2. The van der Waals surface area contributed by atoms with Crippen LogP contribution in [-0.2, 0) is 0 Å². The lowest BCUT2D eigenvalue weighted by Crippen LogP contribution is -2.52. The second-order valence-electron chi connectivity index (χ2n) is 5.69. The molecule has 23 heavy (non-hydrogen) atoms. The molecular weight excluding hydrogens is 340 g/mol. The number of aryl methyl sites for hydroxylation is 1. The summed E-state index contributed by atoms with van der Waals surface area (Å²) in [5.74, 6) is -0.340. The van der Waals surface area contributed by atoms with Crippen molar-refractivity contribution in [3.8, 4) is 0 Å². The molecule has 1 fully saturated rings. The van der Waals surface area contributed by atoms with E-state index >= 15 is 0 Å². The summed E-state index contributed by atoms with van der Waals surface area (Å²) in [6, 6.07) is 3.88. The van der Waals surface area contributed by atoms with Crippen molar-refractivity contribution in [2.45, 2.75) is 24.7 Å². The number of rotatable bonds is 4. The average Bonchev–Trinajstić information content (AvgIpc) is 2.55. The van der Waals surface area contributed by atoms with Gasteiger partial charge in [0.1, 0.15) is 10.7 Å². The van der Waals surface area contributed by atoms with Gasteiger partial charge in [-0.25, -0.2) is 9.18 Å². The number of hydrogen-bond donors (Lipinski definition) is 1. The van der Waals surface area contributed by atoms with Gasteiger partial charge in [0.2, 0.25) is 0 Å². The van der Waals surface area contributed by atoms with Gasteiger partial charge in [0.05, 0.1) is 6.04 Å². The average molecular weight is 362 g/mol. The minimum atomic E-state index is -0.863. The first-order valence-electron chi connectivity index (χ1n) is 7.74. The molecule has 1 saturated heterocycles. The molecule has 0 radical (unpaired) electrons. The predicted molar refractivity (Wildman–Crippen MR) is 91.6 cm³/mol. The molecule has 1 aliphatic rings. The van der Waals surface area contributed by atoms with Crippen molar-refractivity contribution in [3.05, 3.63) is 35.1 Å². The zero-order valence-electron chi connectivity index (χ0n) is 13.4. The van der Waals surface area contributed by atoms with Crippen LogP contribution < -0.4 is 5.32 Å². The van der Waals surface area contributed by atoms with E-state index in [9.17, 15) is 9.18 Å². The molecule has 2 amide bonds. The topological polar surface area (TPSA) is 35.6 Å². The number of likely N-dealkylation sites (N-methyl/N-ethyl adjacent to an activating group) is 1. The quantitative estimate of drug-likeness (QED) is 0.834. The summed E-state index contributed by atoms with van der Waals surface area (Å²) in [6.07, 6.45) is 0. The predicted octanol–water partition coefficient (Wildman–Crippen LogP) is 3.33. The molecule has 0 saturated carbocycles. The number of nitrogens with one attached hydrogen (secondary N) is 1. The summed E-state index contributed by atoms with van der Waals surface area (Å²) in [4.78, 5) is 15.6. The lowest BCUT2D eigenvalue weighted by Gasteiger charge is -2.35. The van der Waals surface area contributed by atoms with Crippen LogP contribution in [0.3, 0.4) is 0 Å². The smallest absolute Gasteiger partial charge is 0.318 e. The molecule has 2 rings (SSSR count). The Labute approximate surface area is 146 Å². The fraction of sp³-hybridized carbons (Fsp3) is 0.562. The van der Waals surface area contributed by atoms with E-state index in [4.69, 9.17) is 23.2 Å². The van der Waals surface area contributed by atoms with Crippen LogP contribution in [0.2, 0.25) is 0 Å². The van der Waals surface area contributed by atoms with Gasteiger partial charge in [-0.1, -0.05) is 19.1 Å². The summed E-state index contributed by atoms with van der Waals surface area (Å²) in [5.41, 5.74) is 1.10. The highest BCUT2D eigenvalue weighted by Crippen LogP contribution is 2.26. The highest BCUT2D eigenvalue weighted by Gasteiger charge is 2.26. The van der Waals surface area contributed by atoms with Crippen LogP contribution in [0.4, 0.5) is 9.18 Å². The maximum Gasteiger partial charge on any atom is 0.318 e. The lowest BCUT2D eigenvalue weighted by atomic mass is 10.1. The molecule has 0 bridgehead atoms. The van der Waals surface area contributed by atoms with Crippen molar-refractivity contribution in [1.82, 2.24) is 15.1 Å². The number of urea groups is 1. The molecule has 7 heteroatoms. The Kier molecular flexibility index (Phi) is 6.50. The number of halogens is 3. The zero-order chi connectivity index (χ0) is 17.0. The Morgan fingerprint density at radius 2 is 1.96 bits per heavy atom. The molecule has 0 aliphatic carbocycles. The second kappa shape index (κ2) is 8.18. The first kappa shape index (κ1) is 18.3. The van der Waals surface area contributed by atoms with Crippen LogP contribution in [-0.4, -0.2) is 53.4 Å². The third-order valence-electron chi connectivity index (χ3n) is 4.19. The van der Waals surface area contributed by atoms with E-state index in [1.54, 1.807) is 24.0 Å². The van der Waals surface area contributed by atoms with E-state index in [2.05, 4.69) is 17.1 Å². The first-order valence-corrected chi connectivity index (χ1v) is 8.61. The Bertz CT molecular complexity index is 548. The van der Waals surface area contributed by atoms with Gasteiger partial charge in [0.25, 0.3) is 0 Å². The second-order valence-corrected chi connectivity index (χ2v) is 6.86. The Hall–Kier alpha value is -1.04. The van der Waals surface area contributed by atoms with Crippen molar-refractivity contribution in [3.63, 3.8) is 0 Å². The van der Waals surface area contributed by atoms with Gasteiger partial charge in [-0.3, -0.25) is 0 Å². The molecule has 4 nitrogen and oxygen atoms in total. The first-order chi connectivity index (χ1) is 10.9. The van der Waals surface area contributed by atoms with Crippen molar-refractivity contribution < 1.29 is 9.18 Å². The minimum absolute atomic E-state index is 0.224. The maximum absolute atomic E-state index is 13.8. The summed E-state index contributed by atoms with van der Waals surface area (Å²) in [6.45, 7) is 7.76. The number of carbonyl (C=O) groups is 1. The number of piperazine rings is 1. The van der Waals surface area contributed by atoms with E-state index in [0.29, 0.717) is 24.2 Å². The number of hydrogen-bond acceptors (Lipinski definition) is 2. The molecule has 0 unspecified atom stereocenters. The minimum Gasteiger partial charge on any atom is -0.328 e. The number of carbonyl (C=O) groups excluding carboxylic acids is 1. The third kappa shape index (κ3) is 4.72. The Balaban J connectivity index is 2.04. The molecule has 1 heterocycles. The molecule has 0 spiro atoms. The SMILES string of the molecule is CCN1CCN(C(=O)N[C@H](c2ccc(C)c(F)c2)C(Cl)Cl)CC1. The largest absolute Gasteiger partial charge is 0.328 e. The van der Waals surface area contributed by atoms with Gasteiger partial charge in [-0.2, -0.15) is 0 Å². The molecule has 128 valence electrons. The normalized spacial score (nSPS) is 17.4. The fourth-order valence-corrected chi connectivity index (χ4v) is 3.00. The molecule has 1 N–H and O–H groups in total. The molecule has 1 atom stereocenters. The van der Waals surface area contributed by atoms with Crippen LogP contribution in [0, 0.1) is 12.7 Å². The standard InChI is InChI=1S/C16H22Cl2FN3O/c1-3-21-6-8-22(9-7-21)16(23)20-14(15(17)18)12-5-4-11(2)13(19)10-12/h4-5,10,14-15H,3,6-9H2,1-2H3,(H,20,23)/t14-/m1/s1. The number of amides is 2. The Morgan fingerprint density at radius 3 is 2.48 bits per heavy atom. The summed E-state index contributed by atoms with van der Waals surface area (Å²) in [5, 5.41) is 2.82. The monoisotopic (exact) mass is 361 g/mol. The van der Waals surface area contributed by atoms with Crippen LogP contribution >= 0.6 is 23.2 Å². The third-order valence-corrected chi connectivity index (χ3v) is 4.70. The van der Waals surface area contributed by atoms with E-state index in [1.807, 2.05) is 0 Å². The van der Waals surface area contributed by atoms with E-state index < -0.39 is 10.9 Å².